The summed E-state index contributed by atoms with van der Waals surface area (Å²) in [5.41, 5.74) is 2.48. The van der Waals surface area contributed by atoms with Crippen LogP contribution in [0.5, 0.6) is 0 Å². The Hall–Kier alpha value is -2.13. The Morgan fingerprint density at radius 3 is 2.65 bits per heavy atom. The Morgan fingerprint density at radius 1 is 1.04 bits per heavy atom. The Balaban J connectivity index is 1.81. The van der Waals surface area contributed by atoms with Gasteiger partial charge in [0.05, 0.1) is 6.54 Å². The highest BCUT2D eigenvalue weighted by atomic mass is 16.3. The van der Waals surface area contributed by atoms with Crippen LogP contribution in [0.25, 0.3) is 0 Å². The van der Waals surface area contributed by atoms with Gasteiger partial charge in [-0.1, -0.05) is 42.5 Å². The number of rotatable bonds is 2. The van der Waals surface area contributed by atoms with E-state index in [-0.39, 0.29) is 0 Å². The van der Waals surface area contributed by atoms with E-state index in [0.29, 0.717) is 6.54 Å². The fraction of sp³-hybridized carbons (Fsp3) is 0.350. The van der Waals surface area contributed by atoms with Crippen molar-refractivity contribution >= 4 is 11.5 Å². The monoisotopic (exact) mass is 307 g/mol. The molecule has 0 aliphatic carbocycles. The van der Waals surface area contributed by atoms with Crippen LogP contribution in [0.1, 0.15) is 30.4 Å². The van der Waals surface area contributed by atoms with Gasteiger partial charge in [0, 0.05) is 12.0 Å². The molecule has 23 heavy (non-hydrogen) atoms. The summed E-state index contributed by atoms with van der Waals surface area (Å²) in [5.74, 6) is 1.26. The Morgan fingerprint density at radius 2 is 1.87 bits per heavy atom. The average Bonchev–Trinajstić information content (AvgIpc) is 2.91. The van der Waals surface area contributed by atoms with Gasteiger partial charge in [-0.25, -0.2) is 9.48 Å². The van der Waals surface area contributed by atoms with Gasteiger partial charge in [-0.3, -0.25) is 0 Å². The first-order chi connectivity index (χ1) is 11.2. The highest BCUT2D eigenvalue weighted by Gasteiger charge is 2.52. The third kappa shape index (κ3) is 2.36. The minimum atomic E-state index is -0.930. The van der Waals surface area contributed by atoms with Crippen LogP contribution in [0, 0.1) is 6.92 Å². The maximum atomic E-state index is 11.5. The van der Waals surface area contributed by atoms with Gasteiger partial charge in [0.15, 0.2) is 6.54 Å². The van der Waals surface area contributed by atoms with Gasteiger partial charge in [-0.2, -0.15) is 0 Å². The van der Waals surface area contributed by atoms with Gasteiger partial charge in [0.25, 0.3) is 11.6 Å². The Labute approximate surface area is 137 Å². The van der Waals surface area contributed by atoms with E-state index in [1.165, 1.54) is 23.5 Å². The molecule has 2 aliphatic heterocycles. The molecule has 4 rings (SSSR count). The van der Waals surface area contributed by atoms with Crippen molar-refractivity contribution in [3.8, 4) is 0 Å². The average molecular weight is 307 g/mol. The van der Waals surface area contributed by atoms with Crippen molar-refractivity contribution in [3.63, 3.8) is 0 Å². The summed E-state index contributed by atoms with van der Waals surface area (Å²) >= 11 is 0. The van der Waals surface area contributed by atoms with E-state index >= 15 is 0 Å². The maximum absolute atomic E-state index is 11.5. The molecule has 118 valence electrons. The van der Waals surface area contributed by atoms with E-state index in [1.54, 1.807) is 0 Å². The van der Waals surface area contributed by atoms with Crippen molar-refractivity contribution in [3.05, 3.63) is 65.7 Å². The highest BCUT2D eigenvalue weighted by Crippen LogP contribution is 2.35. The summed E-state index contributed by atoms with van der Waals surface area (Å²) in [5, 5.41) is 11.5. The van der Waals surface area contributed by atoms with Crippen molar-refractivity contribution in [2.45, 2.75) is 31.9 Å². The van der Waals surface area contributed by atoms with Crippen molar-refractivity contribution in [2.24, 2.45) is 0 Å². The van der Waals surface area contributed by atoms with Crippen molar-refractivity contribution < 1.29 is 9.68 Å². The third-order valence-corrected chi connectivity index (χ3v) is 5.03. The van der Waals surface area contributed by atoms with Crippen LogP contribution in [0.3, 0.4) is 0 Å². The predicted molar refractivity (Wildman–Crippen MR) is 92.8 cm³/mol. The first-order valence-electron chi connectivity index (χ1n) is 8.44. The van der Waals surface area contributed by atoms with Crippen LogP contribution in [0.4, 0.5) is 5.69 Å². The van der Waals surface area contributed by atoms with Crippen molar-refractivity contribution in [1.82, 2.24) is 0 Å². The summed E-state index contributed by atoms with van der Waals surface area (Å²) in [4.78, 5) is 2.30. The molecule has 2 heterocycles. The first-order valence-corrected chi connectivity index (χ1v) is 8.44. The number of benzene rings is 2. The molecule has 0 aromatic heterocycles. The van der Waals surface area contributed by atoms with Gasteiger partial charge in [0.1, 0.15) is 5.69 Å². The second-order valence-electron chi connectivity index (χ2n) is 6.63. The second kappa shape index (κ2) is 5.50. The summed E-state index contributed by atoms with van der Waals surface area (Å²) in [6.45, 7) is 3.63. The zero-order chi connectivity index (χ0) is 15.9. The summed E-state index contributed by atoms with van der Waals surface area (Å²) < 4.78 is 2.22. The van der Waals surface area contributed by atoms with E-state index in [2.05, 4.69) is 40.7 Å². The molecule has 0 bridgehead atoms. The molecule has 0 saturated carbocycles. The number of amidine groups is 1. The van der Waals surface area contributed by atoms with E-state index in [1.807, 2.05) is 30.3 Å². The van der Waals surface area contributed by atoms with Crippen LogP contribution >= 0.6 is 0 Å². The zero-order valence-electron chi connectivity index (χ0n) is 13.6. The fourth-order valence-electron chi connectivity index (χ4n) is 3.88. The second-order valence-corrected chi connectivity index (χ2v) is 6.63. The standard InChI is InChI=1S/C20H23N2O/c1-16-8-7-11-18(14-16)21-15-20(23,17-9-3-2-4-10-17)22-13-6-5-12-19(21)22/h2-4,7-11,14,23H,5-6,12-13,15H2,1H3/q+1/t20-/m1/s1. The molecular formula is C20H23N2O+. The SMILES string of the molecule is Cc1cccc(N2C[C@@](O)(c3ccccc3)[N+]3=C2CCCC3)c1. The number of anilines is 1. The lowest BCUT2D eigenvalue weighted by Gasteiger charge is -2.24. The Bertz CT molecular complexity index is 753. The van der Waals surface area contributed by atoms with Crippen molar-refractivity contribution in [1.29, 1.82) is 0 Å². The molecule has 0 unspecified atom stereocenters. The number of hydrogen-bond acceptors (Lipinski definition) is 2. The molecule has 0 amide bonds. The van der Waals surface area contributed by atoms with Gasteiger partial charge in [-0.05, 0) is 37.5 Å². The fourth-order valence-corrected chi connectivity index (χ4v) is 3.88. The smallest absolute Gasteiger partial charge is 0.271 e. The maximum Gasteiger partial charge on any atom is 0.271 e. The number of aryl methyl sites for hydroxylation is 1. The highest BCUT2D eigenvalue weighted by molar-refractivity contribution is 5.96. The number of β-amino-alcohol motifs (C(OH)–C–C–N with tert-alkyl or cyclic N) is 1. The molecule has 0 radical (unpaired) electrons. The lowest BCUT2D eigenvalue weighted by atomic mass is 10.0. The third-order valence-electron chi connectivity index (χ3n) is 5.03. The van der Waals surface area contributed by atoms with Crippen LogP contribution in [0.2, 0.25) is 0 Å². The Kier molecular flexibility index (Phi) is 3.46. The molecule has 3 nitrogen and oxygen atoms in total. The normalized spacial score (nSPS) is 24.0. The molecule has 0 saturated heterocycles. The molecule has 1 N–H and O–H groups in total. The van der Waals surface area contributed by atoms with E-state index in [9.17, 15) is 5.11 Å². The molecule has 2 aliphatic rings. The van der Waals surface area contributed by atoms with Crippen molar-refractivity contribution in [2.75, 3.05) is 18.0 Å². The van der Waals surface area contributed by atoms with E-state index in [4.69, 9.17) is 0 Å². The van der Waals surface area contributed by atoms with Crippen LogP contribution in [-0.4, -0.2) is 28.6 Å². The van der Waals surface area contributed by atoms with Crippen LogP contribution in [0.15, 0.2) is 54.6 Å². The van der Waals surface area contributed by atoms with Gasteiger partial charge in [0.2, 0.25) is 0 Å². The minimum Gasteiger partial charge on any atom is -0.346 e. The zero-order valence-corrected chi connectivity index (χ0v) is 13.6. The number of aliphatic hydroxyl groups is 1. The summed E-state index contributed by atoms with van der Waals surface area (Å²) in [6, 6.07) is 18.6. The molecule has 2 aromatic carbocycles. The van der Waals surface area contributed by atoms with Crippen LogP contribution < -0.4 is 4.90 Å². The lowest BCUT2D eigenvalue weighted by molar-refractivity contribution is -0.661. The molecule has 0 fully saturated rings. The lowest BCUT2D eigenvalue weighted by Crippen LogP contribution is -2.41. The first kappa shape index (κ1) is 14.5. The molecule has 3 heteroatoms. The quantitative estimate of drug-likeness (QED) is 0.862. The van der Waals surface area contributed by atoms with Gasteiger partial charge in [-0.15, -0.1) is 0 Å². The summed E-state index contributed by atoms with van der Waals surface area (Å²) in [7, 11) is 0. The number of hydrogen-bond donors (Lipinski definition) is 1. The number of nitrogens with zero attached hydrogens (tertiary/aromatic N) is 2. The predicted octanol–water partition coefficient (Wildman–Crippen LogP) is 3.26. The van der Waals surface area contributed by atoms with Gasteiger partial charge >= 0.3 is 0 Å². The molecule has 2 aromatic rings. The topological polar surface area (TPSA) is 26.5 Å². The summed E-state index contributed by atoms with van der Waals surface area (Å²) in [6.07, 6.45) is 3.36. The largest absolute Gasteiger partial charge is 0.346 e. The van der Waals surface area contributed by atoms with E-state index in [0.717, 1.165) is 24.9 Å². The van der Waals surface area contributed by atoms with E-state index < -0.39 is 5.72 Å². The van der Waals surface area contributed by atoms with Crippen LogP contribution in [-0.2, 0) is 5.72 Å². The molecule has 1 atom stereocenters. The molecule has 0 spiro atoms. The van der Waals surface area contributed by atoms with Gasteiger partial charge < -0.3 is 5.11 Å². The molecular weight excluding hydrogens is 284 g/mol. The minimum absolute atomic E-state index is 0.593.